The fourth-order valence-corrected chi connectivity index (χ4v) is 1.69. The van der Waals surface area contributed by atoms with Crippen LogP contribution in [0, 0.1) is 13.8 Å². The van der Waals surface area contributed by atoms with Crippen molar-refractivity contribution in [2.45, 2.75) is 61.8 Å². The second-order valence-electron chi connectivity index (χ2n) is 3.94. The van der Waals surface area contributed by atoms with Crippen LogP contribution in [-0.4, -0.2) is 6.29 Å². The van der Waals surface area contributed by atoms with Crippen molar-refractivity contribution in [2.24, 2.45) is 0 Å². The Bertz CT molecular complexity index is 400. The zero-order valence-electron chi connectivity index (χ0n) is 13.9. The highest BCUT2D eigenvalue weighted by Crippen LogP contribution is 2.22. The third kappa shape index (κ3) is 6.37. The van der Waals surface area contributed by atoms with Crippen molar-refractivity contribution in [3.05, 3.63) is 40.5 Å². The predicted octanol–water partition coefficient (Wildman–Crippen LogP) is 5.98. The zero-order valence-corrected chi connectivity index (χ0v) is 13.9. The third-order valence-corrected chi connectivity index (χ3v) is 2.73. The molecule has 0 atom stereocenters. The molecule has 0 saturated heterocycles. The van der Waals surface area contributed by atoms with E-state index in [9.17, 15) is 4.79 Å². The van der Waals surface area contributed by atoms with Crippen LogP contribution < -0.4 is 0 Å². The van der Waals surface area contributed by atoms with Crippen molar-refractivity contribution in [1.82, 2.24) is 0 Å². The van der Waals surface area contributed by atoms with E-state index in [0.29, 0.717) is 0 Å². The molecular weight excluding hydrogens is 232 g/mol. The van der Waals surface area contributed by atoms with E-state index in [4.69, 9.17) is 0 Å². The van der Waals surface area contributed by atoms with Gasteiger partial charge in [-0.3, -0.25) is 4.79 Å². The first-order chi connectivity index (χ1) is 9.10. The topological polar surface area (TPSA) is 17.1 Å². The summed E-state index contributed by atoms with van der Waals surface area (Å²) >= 11 is 0. The van der Waals surface area contributed by atoms with E-state index in [-0.39, 0.29) is 0 Å². The average molecular weight is 262 g/mol. The molecule has 1 rings (SSSR count). The standard InChI is InChI=1S/C14H18O.2C2H6/c1-5-6-10(2)14-8-12(4)11(3)7-13(14)9-15;2*1-2/h6-9H,5H2,1-4H3;2*1-2H3/b10-6+;;. The van der Waals surface area contributed by atoms with Gasteiger partial charge in [0.2, 0.25) is 0 Å². The number of hydrogen-bond acceptors (Lipinski definition) is 1. The number of allylic oxidation sites excluding steroid dienone is 2. The van der Waals surface area contributed by atoms with Gasteiger partial charge in [0.15, 0.2) is 6.29 Å². The Labute approximate surface area is 119 Å². The maximum absolute atomic E-state index is 11.0. The molecule has 0 N–H and O–H groups in total. The van der Waals surface area contributed by atoms with Crippen LogP contribution in [0.3, 0.4) is 0 Å². The van der Waals surface area contributed by atoms with Gasteiger partial charge in [0.25, 0.3) is 0 Å². The van der Waals surface area contributed by atoms with E-state index >= 15 is 0 Å². The Morgan fingerprint density at radius 3 is 1.95 bits per heavy atom. The molecule has 1 aromatic rings. The summed E-state index contributed by atoms with van der Waals surface area (Å²) in [5, 5.41) is 0. The molecule has 0 aliphatic heterocycles. The molecule has 0 aliphatic rings. The number of hydrogen-bond donors (Lipinski definition) is 0. The molecule has 19 heavy (non-hydrogen) atoms. The average Bonchev–Trinajstić information content (AvgIpc) is 2.46. The summed E-state index contributed by atoms with van der Waals surface area (Å²) in [6, 6.07) is 4.06. The van der Waals surface area contributed by atoms with Crippen molar-refractivity contribution in [3.63, 3.8) is 0 Å². The van der Waals surface area contributed by atoms with E-state index in [1.165, 1.54) is 16.7 Å². The minimum absolute atomic E-state index is 0.792. The summed E-state index contributed by atoms with van der Waals surface area (Å²) in [6.07, 6.45) is 4.09. The second kappa shape index (κ2) is 11.7. The van der Waals surface area contributed by atoms with E-state index in [2.05, 4.69) is 32.9 Å². The Morgan fingerprint density at radius 1 is 1.05 bits per heavy atom. The maximum Gasteiger partial charge on any atom is 0.150 e. The van der Waals surface area contributed by atoms with Gasteiger partial charge in [-0.05, 0) is 55.5 Å². The minimum atomic E-state index is 0.792. The molecule has 1 nitrogen and oxygen atoms in total. The van der Waals surface area contributed by atoms with E-state index in [1.807, 2.05) is 40.7 Å². The fourth-order valence-electron chi connectivity index (χ4n) is 1.69. The van der Waals surface area contributed by atoms with Gasteiger partial charge in [-0.2, -0.15) is 0 Å². The molecule has 1 heteroatoms. The molecule has 0 aromatic heterocycles. The number of carbonyl (C=O) groups is 1. The molecule has 108 valence electrons. The van der Waals surface area contributed by atoms with Gasteiger partial charge >= 0.3 is 0 Å². The SMILES string of the molecule is CC.CC.CC/C=C(\C)c1cc(C)c(C)cc1C=O. The normalized spacial score (nSPS) is 9.79. The molecule has 0 aliphatic carbocycles. The van der Waals surface area contributed by atoms with Crippen molar-refractivity contribution >= 4 is 11.9 Å². The lowest BCUT2D eigenvalue weighted by Crippen LogP contribution is -1.94. The van der Waals surface area contributed by atoms with Gasteiger partial charge in [-0.25, -0.2) is 0 Å². The highest BCUT2D eigenvalue weighted by Gasteiger charge is 2.05. The minimum Gasteiger partial charge on any atom is -0.298 e. The van der Waals surface area contributed by atoms with Crippen LogP contribution in [0.4, 0.5) is 0 Å². The van der Waals surface area contributed by atoms with Crippen molar-refractivity contribution in [3.8, 4) is 0 Å². The molecule has 0 unspecified atom stereocenters. The summed E-state index contributed by atoms with van der Waals surface area (Å²) < 4.78 is 0. The molecule has 1 aromatic carbocycles. The van der Waals surface area contributed by atoms with E-state index in [1.54, 1.807) is 0 Å². The van der Waals surface area contributed by atoms with Crippen LogP contribution in [0.15, 0.2) is 18.2 Å². The molecule has 0 radical (unpaired) electrons. The van der Waals surface area contributed by atoms with Crippen molar-refractivity contribution < 1.29 is 4.79 Å². The van der Waals surface area contributed by atoms with Crippen LogP contribution in [0.5, 0.6) is 0 Å². The van der Waals surface area contributed by atoms with Gasteiger partial charge in [-0.15, -0.1) is 0 Å². The first-order valence-electron chi connectivity index (χ1n) is 7.33. The van der Waals surface area contributed by atoms with Crippen LogP contribution in [-0.2, 0) is 0 Å². The van der Waals surface area contributed by atoms with Crippen molar-refractivity contribution in [2.75, 3.05) is 0 Å². The number of carbonyl (C=O) groups excluding carboxylic acids is 1. The highest BCUT2D eigenvalue weighted by molar-refractivity contribution is 5.85. The Kier molecular flexibility index (Phi) is 12.3. The summed E-state index contributed by atoms with van der Waals surface area (Å²) in [5.41, 5.74) is 5.45. The van der Waals surface area contributed by atoms with Crippen LogP contribution in [0.1, 0.15) is 75.0 Å². The smallest absolute Gasteiger partial charge is 0.150 e. The molecular formula is C18H30O. The second-order valence-corrected chi connectivity index (χ2v) is 3.94. The number of benzene rings is 1. The third-order valence-electron chi connectivity index (χ3n) is 2.73. The Balaban J connectivity index is 0. The summed E-state index contributed by atoms with van der Waals surface area (Å²) in [5.74, 6) is 0. The van der Waals surface area contributed by atoms with E-state index in [0.717, 1.165) is 23.8 Å². The Morgan fingerprint density at radius 2 is 1.53 bits per heavy atom. The number of rotatable bonds is 3. The van der Waals surface area contributed by atoms with Gasteiger partial charge in [0.05, 0.1) is 0 Å². The van der Waals surface area contributed by atoms with Crippen LogP contribution in [0.25, 0.3) is 5.57 Å². The fraction of sp³-hybridized carbons (Fsp3) is 0.500. The monoisotopic (exact) mass is 262 g/mol. The van der Waals surface area contributed by atoms with E-state index < -0.39 is 0 Å². The lowest BCUT2D eigenvalue weighted by Gasteiger charge is -2.09. The predicted molar refractivity (Wildman–Crippen MR) is 87.9 cm³/mol. The molecule has 0 spiro atoms. The summed E-state index contributed by atoms with van der Waals surface area (Å²) in [6.45, 7) is 16.3. The van der Waals surface area contributed by atoms with Crippen molar-refractivity contribution in [1.29, 1.82) is 0 Å². The first kappa shape index (κ1) is 20.0. The lowest BCUT2D eigenvalue weighted by atomic mass is 9.95. The summed E-state index contributed by atoms with van der Waals surface area (Å²) in [4.78, 5) is 11.0. The zero-order chi connectivity index (χ0) is 15.4. The molecule has 0 fully saturated rings. The van der Waals surface area contributed by atoms with Gasteiger partial charge in [-0.1, -0.05) is 46.8 Å². The van der Waals surface area contributed by atoms with Crippen LogP contribution in [0.2, 0.25) is 0 Å². The highest BCUT2D eigenvalue weighted by atomic mass is 16.1. The first-order valence-corrected chi connectivity index (χ1v) is 7.33. The van der Waals surface area contributed by atoms with Crippen LogP contribution >= 0.6 is 0 Å². The largest absolute Gasteiger partial charge is 0.298 e. The van der Waals surface area contributed by atoms with Gasteiger partial charge < -0.3 is 0 Å². The Hall–Kier alpha value is -1.37. The number of aryl methyl sites for hydroxylation is 2. The molecule has 0 amide bonds. The summed E-state index contributed by atoms with van der Waals surface area (Å²) in [7, 11) is 0. The van der Waals surface area contributed by atoms with Gasteiger partial charge in [0.1, 0.15) is 0 Å². The number of aldehydes is 1. The lowest BCUT2D eigenvalue weighted by molar-refractivity contribution is 0.112. The maximum atomic E-state index is 11.0. The van der Waals surface area contributed by atoms with Gasteiger partial charge in [0, 0.05) is 5.56 Å². The molecule has 0 bridgehead atoms. The molecule has 0 heterocycles. The molecule has 0 saturated carbocycles. The quantitative estimate of drug-likeness (QED) is 0.612.